The van der Waals surface area contributed by atoms with Gasteiger partial charge in [-0.25, -0.2) is 0 Å². The molecule has 0 radical (unpaired) electrons. The first-order chi connectivity index (χ1) is 8.76. The molecule has 1 saturated heterocycles. The lowest BCUT2D eigenvalue weighted by molar-refractivity contribution is 0.121. The molecular weight excluding hydrogens is 228 g/mol. The van der Waals surface area contributed by atoms with E-state index in [0.717, 1.165) is 45.8 Å². The molecule has 18 heavy (non-hydrogen) atoms. The SMILES string of the molecule is CCCNC(N)=NCC1CCN(CCOC)CC1. The van der Waals surface area contributed by atoms with Crippen LogP contribution in [0.15, 0.2) is 4.99 Å². The van der Waals surface area contributed by atoms with Gasteiger partial charge in [-0.3, -0.25) is 4.99 Å². The van der Waals surface area contributed by atoms with Crippen LogP contribution in [0.5, 0.6) is 0 Å². The lowest BCUT2D eigenvalue weighted by Crippen LogP contribution is -2.37. The normalized spacial score (nSPS) is 19.1. The maximum absolute atomic E-state index is 5.78. The number of nitrogens with zero attached hydrogens (tertiary/aromatic N) is 2. The number of piperidine rings is 1. The van der Waals surface area contributed by atoms with Gasteiger partial charge in [0.2, 0.25) is 0 Å². The second-order valence-corrected chi connectivity index (χ2v) is 4.93. The largest absolute Gasteiger partial charge is 0.383 e. The van der Waals surface area contributed by atoms with Crippen LogP contribution in [-0.2, 0) is 4.74 Å². The van der Waals surface area contributed by atoms with Crippen LogP contribution in [0.2, 0.25) is 0 Å². The Kier molecular flexibility index (Phi) is 7.76. The molecule has 0 unspecified atom stereocenters. The van der Waals surface area contributed by atoms with E-state index in [1.807, 2.05) is 0 Å². The van der Waals surface area contributed by atoms with E-state index >= 15 is 0 Å². The Morgan fingerprint density at radius 1 is 1.44 bits per heavy atom. The lowest BCUT2D eigenvalue weighted by Gasteiger charge is -2.30. The number of ether oxygens (including phenoxy) is 1. The molecular formula is C13H28N4O. The van der Waals surface area contributed by atoms with Crippen LogP contribution >= 0.6 is 0 Å². The Balaban J connectivity index is 2.15. The molecule has 0 amide bonds. The van der Waals surface area contributed by atoms with Gasteiger partial charge in [-0.15, -0.1) is 0 Å². The number of aliphatic imine (C=N–C) groups is 1. The summed E-state index contributed by atoms with van der Waals surface area (Å²) in [6, 6.07) is 0. The van der Waals surface area contributed by atoms with Crippen molar-refractivity contribution in [2.75, 3.05) is 46.4 Å². The highest BCUT2D eigenvalue weighted by Crippen LogP contribution is 2.16. The van der Waals surface area contributed by atoms with Crippen molar-refractivity contribution in [1.29, 1.82) is 0 Å². The summed E-state index contributed by atoms with van der Waals surface area (Å²) in [7, 11) is 1.76. The predicted molar refractivity (Wildman–Crippen MR) is 75.8 cm³/mol. The van der Waals surface area contributed by atoms with E-state index in [-0.39, 0.29) is 0 Å². The smallest absolute Gasteiger partial charge is 0.188 e. The van der Waals surface area contributed by atoms with Crippen molar-refractivity contribution in [3.05, 3.63) is 0 Å². The molecule has 3 N–H and O–H groups in total. The van der Waals surface area contributed by atoms with Crippen LogP contribution in [0.1, 0.15) is 26.2 Å². The molecule has 0 aromatic heterocycles. The fourth-order valence-electron chi connectivity index (χ4n) is 2.15. The fraction of sp³-hybridized carbons (Fsp3) is 0.923. The number of nitrogens with one attached hydrogen (secondary N) is 1. The number of guanidine groups is 1. The van der Waals surface area contributed by atoms with Crippen molar-refractivity contribution in [3.8, 4) is 0 Å². The third-order valence-corrected chi connectivity index (χ3v) is 3.39. The summed E-state index contributed by atoms with van der Waals surface area (Å²) in [5.74, 6) is 1.28. The van der Waals surface area contributed by atoms with E-state index in [4.69, 9.17) is 10.5 Å². The van der Waals surface area contributed by atoms with E-state index in [0.29, 0.717) is 11.9 Å². The number of methoxy groups -OCH3 is 1. The van der Waals surface area contributed by atoms with Crippen LogP contribution in [0.25, 0.3) is 0 Å². The fourth-order valence-corrected chi connectivity index (χ4v) is 2.15. The van der Waals surface area contributed by atoms with Gasteiger partial charge in [0.1, 0.15) is 0 Å². The number of likely N-dealkylation sites (tertiary alicyclic amines) is 1. The molecule has 1 aliphatic rings. The number of rotatable bonds is 7. The van der Waals surface area contributed by atoms with Gasteiger partial charge in [0.05, 0.1) is 6.61 Å². The van der Waals surface area contributed by atoms with E-state index in [1.54, 1.807) is 7.11 Å². The molecule has 5 nitrogen and oxygen atoms in total. The Labute approximate surface area is 111 Å². The maximum atomic E-state index is 5.78. The molecule has 0 spiro atoms. The minimum Gasteiger partial charge on any atom is -0.383 e. The van der Waals surface area contributed by atoms with Gasteiger partial charge in [-0.1, -0.05) is 6.92 Å². The molecule has 1 heterocycles. The number of hydrogen-bond donors (Lipinski definition) is 2. The summed E-state index contributed by atoms with van der Waals surface area (Å²) in [6.07, 6.45) is 3.51. The lowest BCUT2D eigenvalue weighted by atomic mass is 9.97. The monoisotopic (exact) mass is 256 g/mol. The molecule has 1 rings (SSSR count). The van der Waals surface area contributed by atoms with E-state index in [2.05, 4.69) is 22.1 Å². The zero-order valence-corrected chi connectivity index (χ0v) is 11.8. The Morgan fingerprint density at radius 3 is 2.78 bits per heavy atom. The summed E-state index contributed by atoms with van der Waals surface area (Å²) in [6.45, 7) is 8.09. The molecule has 0 aliphatic carbocycles. The zero-order chi connectivity index (χ0) is 13.2. The topological polar surface area (TPSA) is 62.9 Å². The third kappa shape index (κ3) is 6.21. The average molecular weight is 256 g/mol. The minimum atomic E-state index is 0.596. The van der Waals surface area contributed by atoms with Crippen LogP contribution in [0.4, 0.5) is 0 Å². The zero-order valence-electron chi connectivity index (χ0n) is 11.8. The highest BCUT2D eigenvalue weighted by Gasteiger charge is 2.18. The molecule has 1 fully saturated rings. The summed E-state index contributed by atoms with van der Waals surface area (Å²) in [5, 5.41) is 3.11. The highest BCUT2D eigenvalue weighted by molar-refractivity contribution is 5.77. The molecule has 0 aromatic rings. The van der Waals surface area contributed by atoms with Gasteiger partial charge < -0.3 is 20.7 Å². The number of hydrogen-bond acceptors (Lipinski definition) is 3. The third-order valence-electron chi connectivity index (χ3n) is 3.39. The Hall–Kier alpha value is -0.810. The van der Waals surface area contributed by atoms with Gasteiger partial charge in [0.15, 0.2) is 5.96 Å². The Bertz CT molecular complexity index is 237. The summed E-state index contributed by atoms with van der Waals surface area (Å²) in [5.41, 5.74) is 5.78. The molecule has 5 heteroatoms. The minimum absolute atomic E-state index is 0.596. The highest BCUT2D eigenvalue weighted by atomic mass is 16.5. The maximum Gasteiger partial charge on any atom is 0.188 e. The molecule has 0 saturated carbocycles. The predicted octanol–water partition coefficient (Wildman–Crippen LogP) is 0.659. The van der Waals surface area contributed by atoms with Gasteiger partial charge in [-0.2, -0.15) is 0 Å². The standard InChI is InChI=1S/C13H28N4O/c1-3-6-15-13(14)16-11-12-4-7-17(8-5-12)9-10-18-2/h12H,3-11H2,1-2H3,(H3,14,15,16). The van der Waals surface area contributed by atoms with Crippen molar-refractivity contribution in [2.24, 2.45) is 16.6 Å². The van der Waals surface area contributed by atoms with Crippen molar-refractivity contribution in [1.82, 2.24) is 10.2 Å². The van der Waals surface area contributed by atoms with Crippen molar-refractivity contribution in [2.45, 2.75) is 26.2 Å². The Morgan fingerprint density at radius 2 is 2.17 bits per heavy atom. The van der Waals surface area contributed by atoms with Crippen LogP contribution in [0, 0.1) is 5.92 Å². The first kappa shape index (κ1) is 15.2. The summed E-state index contributed by atoms with van der Waals surface area (Å²) < 4.78 is 5.10. The summed E-state index contributed by atoms with van der Waals surface area (Å²) >= 11 is 0. The van der Waals surface area contributed by atoms with Crippen molar-refractivity contribution >= 4 is 5.96 Å². The quantitative estimate of drug-likeness (QED) is 0.519. The molecule has 106 valence electrons. The van der Waals surface area contributed by atoms with Crippen LogP contribution < -0.4 is 11.1 Å². The first-order valence-corrected chi connectivity index (χ1v) is 7.01. The second-order valence-electron chi connectivity index (χ2n) is 4.93. The van der Waals surface area contributed by atoms with Crippen LogP contribution in [0.3, 0.4) is 0 Å². The van der Waals surface area contributed by atoms with E-state index < -0.39 is 0 Å². The van der Waals surface area contributed by atoms with Crippen molar-refractivity contribution in [3.63, 3.8) is 0 Å². The molecule has 0 bridgehead atoms. The van der Waals surface area contributed by atoms with Gasteiger partial charge in [0, 0.05) is 26.7 Å². The van der Waals surface area contributed by atoms with Gasteiger partial charge >= 0.3 is 0 Å². The number of nitrogens with two attached hydrogens (primary N) is 1. The molecule has 0 aromatic carbocycles. The molecule has 0 atom stereocenters. The van der Waals surface area contributed by atoms with Gasteiger partial charge in [-0.05, 0) is 38.3 Å². The van der Waals surface area contributed by atoms with Crippen molar-refractivity contribution < 1.29 is 4.74 Å². The average Bonchev–Trinajstić information content (AvgIpc) is 2.41. The summed E-state index contributed by atoms with van der Waals surface area (Å²) in [4.78, 5) is 6.87. The first-order valence-electron chi connectivity index (χ1n) is 7.01. The van der Waals surface area contributed by atoms with Crippen LogP contribution in [-0.4, -0.2) is 57.3 Å². The van der Waals surface area contributed by atoms with E-state index in [1.165, 1.54) is 12.8 Å². The van der Waals surface area contributed by atoms with E-state index in [9.17, 15) is 0 Å². The van der Waals surface area contributed by atoms with Gasteiger partial charge in [0.25, 0.3) is 0 Å². The second kappa shape index (κ2) is 9.16. The molecule has 1 aliphatic heterocycles.